The molecule has 100 valence electrons. The summed E-state index contributed by atoms with van der Waals surface area (Å²) in [4.78, 5) is 13.9. The average molecular weight is 383 g/mol. The smallest absolute Gasteiger partial charge is 0.478 e. The molecule has 0 bridgehead atoms. The van der Waals surface area contributed by atoms with Crippen molar-refractivity contribution < 1.29 is 36.6 Å². The first-order chi connectivity index (χ1) is 8.11. The zero-order valence-corrected chi connectivity index (χ0v) is 10.3. The molecular formula is C8H3F5INO3. The first kappa shape index (κ1) is 14.9. The van der Waals surface area contributed by atoms with E-state index < -0.39 is 39.5 Å². The molecule has 1 rings (SSSR count). The van der Waals surface area contributed by atoms with Crippen molar-refractivity contribution >= 4 is 28.6 Å². The summed E-state index contributed by atoms with van der Waals surface area (Å²) in [6, 6.07) is 0.343. The van der Waals surface area contributed by atoms with E-state index in [1.807, 2.05) is 0 Å². The van der Waals surface area contributed by atoms with Crippen LogP contribution in [0.1, 0.15) is 22.5 Å². The van der Waals surface area contributed by atoms with Crippen molar-refractivity contribution in [2.24, 2.45) is 0 Å². The van der Waals surface area contributed by atoms with Crippen molar-refractivity contribution in [2.45, 2.75) is 12.8 Å². The number of aromatic carboxylic acids is 1. The molecule has 0 aliphatic rings. The van der Waals surface area contributed by atoms with Gasteiger partial charge in [-0.3, -0.25) is 0 Å². The maximum Gasteiger partial charge on any atom is 0.573 e. The van der Waals surface area contributed by atoms with Crippen LogP contribution in [0, 0.1) is 3.70 Å². The Bertz CT molecular complexity index is 477. The number of carboxylic acid groups (broad SMARTS) is 1. The molecule has 0 saturated carbocycles. The zero-order chi connectivity index (χ0) is 14.1. The summed E-state index contributed by atoms with van der Waals surface area (Å²) < 4.78 is 63.6. The Labute approximate surface area is 110 Å². The third-order valence-corrected chi connectivity index (χ3v) is 2.35. The third kappa shape index (κ3) is 3.65. The minimum atomic E-state index is -5.14. The van der Waals surface area contributed by atoms with Crippen LogP contribution in [-0.2, 0) is 0 Å². The highest BCUT2D eigenvalue weighted by Gasteiger charge is 2.35. The van der Waals surface area contributed by atoms with E-state index in [9.17, 15) is 26.7 Å². The fourth-order valence-electron chi connectivity index (χ4n) is 1.00. The summed E-state index contributed by atoms with van der Waals surface area (Å²) in [5, 5.41) is 8.67. The molecule has 4 nitrogen and oxygen atoms in total. The fourth-order valence-corrected chi connectivity index (χ4v) is 1.68. The molecule has 0 spiro atoms. The van der Waals surface area contributed by atoms with Crippen LogP contribution in [0.5, 0.6) is 5.75 Å². The van der Waals surface area contributed by atoms with Gasteiger partial charge in [-0.05, 0) is 28.7 Å². The maximum absolute atomic E-state index is 12.3. The van der Waals surface area contributed by atoms with Crippen molar-refractivity contribution in [2.75, 3.05) is 0 Å². The maximum atomic E-state index is 12.3. The Morgan fingerprint density at radius 2 is 2.00 bits per heavy atom. The number of carbonyl (C=O) groups is 1. The Morgan fingerprint density at radius 1 is 1.44 bits per heavy atom. The summed E-state index contributed by atoms with van der Waals surface area (Å²) in [5.74, 6) is -2.93. The van der Waals surface area contributed by atoms with Crippen LogP contribution < -0.4 is 4.74 Å². The number of aromatic nitrogens is 1. The van der Waals surface area contributed by atoms with Gasteiger partial charge in [-0.2, -0.15) is 0 Å². The van der Waals surface area contributed by atoms with Gasteiger partial charge in [-0.15, -0.1) is 13.2 Å². The summed E-state index contributed by atoms with van der Waals surface area (Å²) in [6.45, 7) is 0. The van der Waals surface area contributed by atoms with Crippen LogP contribution in [0.25, 0.3) is 0 Å². The molecule has 0 aliphatic heterocycles. The second-order valence-corrected chi connectivity index (χ2v) is 3.89. The van der Waals surface area contributed by atoms with Crippen LogP contribution in [0.2, 0.25) is 0 Å². The highest BCUT2D eigenvalue weighted by Crippen LogP contribution is 2.32. The molecule has 10 heteroatoms. The molecule has 1 N–H and O–H groups in total. The van der Waals surface area contributed by atoms with Crippen molar-refractivity contribution in [3.63, 3.8) is 0 Å². The van der Waals surface area contributed by atoms with Crippen LogP contribution in [0.3, 0.4) is 0 Å². The Morgan fingerprint density at radius 3 is 2.39 bits per heavy atom. The molecule has 0 aromatic carbocycles. The van der Waals surface area contributed by atoms with Gasteiger partial charge in [0.05, 0.1) is 0 Å². The number of pyridine rings is 1. The summed E-state index contributed by atoms with van der Waals surface area (Å²) in [5.41, 5.74) is -1.96. The highest BCUT2D eigenvalue weighted by molar-refractivity contribution is 14.1. The number of halogens is 6. The number of alkyl halides is 5. The first-order valence-electron chi connectivity index (χ1n) is 4.09. The van der Waals surface area contributed by atoms with E-state index in [0.717, 1.165) is 0 Å². The quantitative estimate of drug-likeness (QED) is 0.495. The van der Waals surface area contributed by atoms with Gasteiger partial charge in [0.25, 0.3) is 6.43 Å². The molecule has 1 heterocycles. The lowest BCUT2D eigenvalue weighted by molar-refractivity contribution is -0.275. The van der Waals surface area contributed by atoms with Gasteiger partial charge >= 0.3 is 12.3 Å². The van der Waals surface area contributed by atoms with Crippen molar-refractivity contribution in [1.29, 1.82) is 0 Å². The first-order valence-corrected chi connectivity index (χ1v) is 5.17. The Hall–Kier alpha value is -1.20. The molecule has 0 saturated heterocycles. The van der Waals surface area contributed by atoms with E-state index >= 15 is 0 Å². The predicted octanol–water partition coefficient (Wildman–Crippen LogP) is 3.22. The molecule has 1 aromatic heterocycles. The molecule has 0 amide bonds. The van der Waals surface area contributed by atoms with E-state index in [1.54, 1.807) is 0 Å². The number of nitrogens with zero attached hydrogens (tertiary/aromatic N) is 1. The minimum Gasteiger partial charge on any atom is -0.478 e. The number of carboxylic acids is 1. The largest absolute Gasteiger partial charge is 0.573 e. The second kappa shape index (κ2) is 5.20. The third-order valence-electron chi connectivity index (χ3n) is 1.62. The molecule has 0 aliphatic carbocycles. The van der Waals surface area contributed by atoms with Gasteiger partial charge in [0.2, 0.25) is 0 Å². The van der Waals surface area contributed by atoms with Crippen LogP contribution in [0.4, 0.5) is 22.0 Å². The van der Waals surface area contributed by atoms with E-state index in [0.29, 0.717) is 6.07 Å². The topological polar surface area (TPSA) is 59.4 Å². The molecule has 18 heavy (non-hydrogen) atoms. The lowest BCUT2D eigenvalue weighted by Gasteiger charge is -2.13. The Balaban J connectivity index is 3.37. The van der Waals surface area contributed by atoms with Gasteiger partial charge in [0, 0.05) is 0 Å². The van der Waals surface area contributed by atoms with Crippen molar-refractivity contribution in [1.82, 2.24) is 4.98 Å². The SMILES string of the molecule is O=C(O)c1cc(C(F)F)nc(I)c1OC(F)(F)F. The van der Waals surface area contributed by atoms with Crippen LogP contribution in [-0.4, -0.2) is 22.4 Å². The Kier molecular flexibility index (Phi) is 4.29. The zero-order valence-electron chi connectivity index (χ0n) is 8.13. The van der Waals surface area contributed by atoms with Gasteiger partial charge in [0.1, 0.15) is 15.0 Å². The summed E-state index contributed by atoms with van der Waals surface area (Å²) >= 11 is 1.19. The van der Waals surface area contributed by atoms with Gasteiger partial charge in [-0.1, -0.05) is 0 Å². The van der Waals surface area contributed by atoms with E-state index in [2.05, 4.69) is 9.72 Å². The summed E-state index contributed by atoms with van der Waals surface area (Å²) in [6.07, 6.45) is -8.24. The van der Waals surface area contributed by atoms with E-state index in [1.165, 1.54) is 22.6 Å². The molecule has 0 unspecified atom stereocenters. The van der Waals surface area contributed by atoms with Crippen LogP contribution in [0.15, 0.2) is 6.07 Å². The van der Waals surface area contributed by atoms with Crippen LogP contribution >= 0.6 is 22.6 Å². The molecular weight excluding hydrogens is 380 g/mol. The van der Waals surface area contributed by atoms with Gasteiger partial charge in [0.15, 0.2) is 5.75 Å². The monoisotopic (exact) mass is 383 g/mol. The molecule has 0 fully saturated rings. The number of hydrogen-bond donors (Lipinski definition) is 1. The average Bonchev–Trinajstić information content (AvgIpc) is 2.18. The molecule has 0 atom stereocenters. The van der Waals surface area contributed by atoms with E-state index in [4.69, 9.17) is 5.11 Å². The number of hydrogen-bond acceptors (Lipinski definition) is 3. The number of ether oxygens (including phenoxy) is 1. The summed E-state index contributed by atoms with van der Waals surface area (Å²) in [7, 11) is 0. The van der Waals surface area contributed by atoms with Gasteiger partial charge < -0.3 is 9.84 Å². The van der Waals surface area contributed by atoms with Crippen molar-refractivity contribution in [3.05, 3.63) is 21.0 Å². The molecule has 1 aromatic rings. The normalized spacial score (nSPS) is 11.7. The predicted molar refractivity (Wildman–Crippen MR) is 55.6 cm³/mol. The highest BCUT2D eigenvalue weighted by atomic mass is 127. The van der Waals surface area contributed by atoms with E-state index in [-0.39, 0.29) is 0 Å². The standard InChI is InChI=1S/C8H3F5INO3/c9-5(10)3-1-2(7(16)17)4(6(14)15-3)18-8(11,12)13/h1,5H,(H,16,17). The van der Waals surface area contributed by atoms with Crippen molar-refractivity contribution in [3.8, 4) is 5.75 Å². The fraction of sp³-hybridized carbons (Fsp3) is 0.250. The van der Waals surface area contributed by atoms with Gasteiger partial charge in [-0.25, -0.2) is 18.6 Å². The second-order valence-electron chi connectivity index (χ2n) is 2.87. The lowest BCUT2D eigenvalue weighted by Crippen LogP contribution is -2.20. The minimum absolute atomic E-state index is 0.343. The lowest BCUT2D eigenvalue weighted by atomic mass is 10.2. The molecule has 0 radical (unpaired) electrons. The number of rotatable bonds is 3.